The highest BCUT2D eigenvalue weighted by Gasteiger charge is 2.13. The van der Waals surface area contributed by atoms with E-state index in [9.17, 15) is 0 Å². The molecule has 0 saturated carbocycles. The van der Waals surface area contributed by atoms with Crippen LogP contribution in [0.2, 0.25) is 0 Å². The number of aromatic amines is 1. The zero-order valence-electron chi connectivity index (χ0n) is 9.99. The molecule has 0 bridgehead atoms. The molecule has 8 nitrogen and oxygen atoms in total. The monoisotopic (exact) mass is 258 g/mol. The number of methoxy groups -OCH3 is 1. The molecular formula is C11H10N6O2. The highest BCUT2D eigenvalue weighted by Crippen LogP contribution is 2.22. The van der Waals surface area contributed by atoms with Crippen LogP contribution in [-0.2, 0) is 0 Å². The Morgan fingerprint density at radius 3 is 2.63 bits per heavy atom. The SMILES string of the molecule is COc1ccc(-c2noc(-c3nc(N)n[nH]3)n2)cc1. The van der Waals surface area contributed by atoms with E-state index in [1.807, 2.05) is 24.3 Å². The van der Waals surface area contributed by atoms with Gasteiger partial charge in [-0.15, -0.1) is 5.10 Å². The van der Waals surface area contributed by atoms with Gasteiger partial charge in [0.15, 0.2) is 0 Å². The molecule has 19 heavy (non-hydrogen) atoms. The molecule has 0 aliphatic heterocycles. The molecule has 3 rings (SSSR count). The largest absolute Gasteiger partial charge is 0.497 e. The lowest BCUT2D eigenvalue weighted by Crippen LogP contribution is -1.86. The summed E-state index contributed by atoms with van der Waals surface area (Å²) >= 11 is 0. The van der Waals surface area contributed by atoms with E-state index in [1.54, 1.807) is 7.11 Å². The van der Waals surface area contributed by atoms with Gasteiger partial charge < -0.3 is 15.0 Å². The number of nitrogens with two attached hydrogens (primary N) is 1. The van der Waals surface area contributed by atoms with Crippen molar-refractivity contribution in [2.24, 2.45) is 0 Å². The molecule has 3 aromatic rings. The summed E-state index contributed by atoms with van der Waals surface area (Å²) < 4.78 is 10.2. The number of nitrogen functional groups attached to an aromatic ring is 1. The number of rotatable bonds is 3. The summed E-state index contributed by atoms with van der Waals surface area (Å²) in [6, 6.07) is 7.31. The van der Waals surface area contributed by atoms with E-state index in [0.717, 1.165) is 11.3 Å². The minimum absolute atomic E-state index is 0.124. The lowest BCUT2D eigenvalue weighted by atomic mass is 10.2. The fraction of sp³-hybridized carbons (Fsp3) is 0.0909. The van der Waals surface area contributed by atoms with Crippen molar-refractivity contribution in [2.45, 2.75) is 0 Å². The van der Waals surface area contributed by atoms with Gasteiger partial charge >= 0.3 is 0 Å². The molecule has 0 amide bonds. The second-order valence-corrected chi connectivity index (χ2v) is 3.69. The Labute approximate surface area is 107 Å². The first-order valence-corrected chi connectivity index (χ1v) is 5.42. The van der Waals surface area contributed by atoms with Gasteiger partial charge in [0.1, 0.15) is 5.75 Å². The molecule has 0 fully saturated rings. The first-order chi connectivity index (χ1) is 9.26. The third kappa shape index (κ3) is 2.10. The van der Waals surface area contributed by atoms with Crippen molar-refractivity contribution in [1.29, 1.82) is 0 Å². The van der Waals surface area contributed by atoms with Crippen LogP contribution in [0, 0.1) is 0 Å². The van der Waals surface area contributed by atoms with Crippen LogP contribution >= 0.6 is 0 Å². The third-order valence-corrected chi connectivity index (χ3v) is 2.48. The first-order valence-electron chi connectivity index (χ1n) is 5.42. The van der Waals surface area contributed by atoms with Crippen LogP contribution in [0.1, 0.15) is 0 Å². The number of hydrogen-bond donors (Lipinski definition) is 2. The molecule has 0 aliphatic rings. The van der Waals surface area contributed by atoms with E-state index >= 15 is 0 Å². The van der Waals surface area contributed by atoms with E-state index in [0.29, 0.717) is 11.6 Å². The number of nitrogens with one attached hydrogen (secondary N) is 1. The third-order valence-electron chi connectivity index (χ3n) is 2.48. The van der Waals surface area contributed by atoms with Gasteiger partial charge in [0.05, 0.1) is 7.11 Å². The maximum Gasteiger partial charge on any atom is 0.295 e. The van der Waals surface area contributed by atoms with Gasteiger partial charge in [0, 0.05) is 5.56 Å². The van der Waals surface area contributed by atoms with Crippen molar-refractivity contribution in [3.63, 3.8) is 0 Å². The van der Waals surface area contributed by atoms with Crippen LogP contribution in [0.5, 0.6) is 5.75 Å². The summed E-state index contributed by atoms with van der Waals surface area (Å²) in [7, 11) is 1.61. The quantitative estimate of drug-likeness (QED) is 0.722. The van der Waals surface area contributed by atoms with Gasteiger partial charge in [-0.1, -0.05) is 5.16 Å². The first kappa shape index (κ1) is 11.2. The molecule has 0 unspecified atom stereocenters. The van der Waals surface area contributed by atoms with Gasteiger partial charge in [-0.2, -0.15) is 9.97 Å². The Morgan fingerprint density at radius 2 is 2.00 bits per heavy atom. The second-order valence-electron chi connectivity index (χ2n) is 3.69. The molecule has 1 aromatic carbocycles. The fourth-order valence-corrected chi connectivity index (χ4v) is 1.55. The smallest absolute Gasteiger partial charge is 0.295 e. The van der Waals surface area contributed by atoms with Crippen LogP contribution < -0.4 is 10.5 Å². The van der Waals surface area contributed by atoms with Crippen molar-refractivity contribution in [3.8, 4) is 28.9 Å². The summed E-state index contributed by atoms with van der Waals surface area (Å²) in [4.78, 5) is 8.12. The molecule has 0 radical (unpaired) electrons. The lowest BCUT2D eigenvalue weighted by molar-refractivity contribution is 0.414. The topological polar surface area (TPSA) is 116 Å². The van der Waals surface area contributed by atoms with Crippen molar-refractivity contribution in [1.82, 2.24) is 25.3 Å². The van der Waals surface area contributed by atoms with Crippen molar-refractivity contribution >= 4 is 5.95 Å². The second kappa shape index (κ2) is 4.41. The summed E-state index contributed by atoms with van der Waals surface area (Å²) in [6.07, 6.45) is 0. The van der Waals surface area contributed by atoms with E-state index in [2.05, 4.69) is 25.3 Å². The Hall–Kier alpha value is -2.90. The predicted molar refractivity (Wildman–Crippen MR) is 66.1 cm³/mol. The molecule has 2 aromatic heterocycles. The van der Waals surface area contributed by atoms with Crippen LogP contribution in [0.15, 0.2) is 28.8 Å². The van der Waals surface area contributed by atoms with Crippen LogP contribution in [0.4, 0.5) is 5.95 Å². The number of hydrogen-bond acceptors (Lipinski definition) is 7. The molecule has 0 spiro atoms. The van der Waals surface area contributed by atoms with Crippen molar-refractivity contribution in [2.75, 3.05) is 12.8 Å². The molecule has 2 heterocycles. The van der Waals surface area contributed by atoms with Gasteiger partial charge in [0.2, 0.25) is 17.6 Å². The average molecular weight is 258 g/mol. The fourth-order valence-electron chi connectivity index (χ4n) is 1.55. The summed E-state index contributed by atoms with van der Waals surface area (Å²) in [5.74, 6) is 1.90. The van der Waals surface area contributed by atoms with E-state index in [1.165, 1.54) is 0 Å². The minimum atomic E-state index is 0.124. The molecule has 0 atom stereocenters. The minimum Gasteiger partial charge on any atom is -0.497 e. The number of anilines is 1. The van der Waals surface area contributed by atoms with E-state index in [4.69, 9.17) is 15.0 Å². The summed E-state index contributed by atoms with van der Waals surface area (Å²) in [6.45, 7) is 0. The van der Waals surface area contributed by atoms with Gasteiger partial charge in [0.25, 0.3) is 5.89 Å². The molecule has 0 saturated heterocycles. The average Bonchev–Trinajstić information content (AvgIpc) is 3.07. The number of nitrogens with zero attached hydrogens (tertiary/aromatic N) is 4. The highest BCUT2D eigenvalue weighted by atomic mass is 16.5. The number of aromatic nitrogens is 5. The van der Waals surface area contributed by atoms with Crippen LogP contribution in [-0.4, -0.2) is 32.4 Å². The van der Waals surface area contributed by atoms with Gasteiger partial charge in [-0.25, -0.2) is 0 Å². The molecule has 0 aliphatic carbocycles. The maximum absolute atomic E-state index is 5.41. The van der Waals surface area contributed by atoms with Crippen LogP contribution in [0.3, 0.4) is 0 Å². The number of benzene rings is 1. The van der Waals surface area contributed by atoms with Gasteiger partial charge in [-0.05, 0) is 24.3 Å². The Kier molecular flexibility index (Phi) is 2.60. The Balaban J connectivity index is 1.91. The molecule has 8 heteroatoms. The normalized spacial score (nSPS) is 10.6. The van der Waals surface area contributed by atoms with Gasteiger partial charge in [-0.3, -0.25) is 5.10 Å². The van der Waals surface area contributed by atoms with E-state index in [-0.39, 0.29) is 11.8 Å². The van der Waals surface area contributed by atoms with E-state index < -0.39 is 0 Å². The summed E-state index contributed by atoms with van der Waals surface area (Å²) in [5.41, 5.74) is 6.22. The molecule has 3 N–H and O–H groups in total. The van der Waals surface area contributed by atoms with Crippen molar-refractivity contribution in [3.05, 3.63) is 24.3 Å². The highest BCUT2D eigenvalue weighted by molar-refractivity contribution is 5.57. The maximum atomic E-state index is 5.41. The van der Waals surface area contributed by atoms with Crippen molar-refractivity contribution < 1.29 is 9.26 Å². The zero-order valence-corrected chi connectivity index (χ0v) is 9.99. The Bertz CT molecular complexity index is 687. The molecular weight excluding hydrogens is 248 g/mol. The Morgan fingerprint density at radius 1 is 1.21 bits per heavy atom. The standard InChI is InChI=1S/C11H10N6O2/c1-18-7-4-2-6(3-5-7)8-13-10(19-17-8)9-14-11(12)16-15-9/h2-5H,1H3,(H3,12,14,15,16). The zero-order chi connectivity index (χ0) is 13.2. The summed E-state index contributed by atoms with van der Waals surface area (Å²) in [5, 5.41) is 10.2. The number of ether oxygens (including phenoxy) is 1. The predicted octanol–water partition coefficient (Wildman–Crippen LogP) is 1.11. The molecule has 96 valence electrons. The number of H-pyrrole nitrogens is 1. The lowest BCUT2D eigenvalue weighted by Gasteiger charge is -1.98. The van der Waals surface area contributed by atoms with Crippen LogP contribution in [0.25, 0.3) is 23.1 Å².